The molecule has 1 aromatic rings. The number of nitrogens with two attached hydrogens (primary N) is 2. The van der Waals surface area contributed by atoms with Crippen LogP contribution in [0.2, 0.25) is 0 Å². The van der Waals surface area contributed by atoms with E-state index in [4.69, 9.17) is 11.5 Å². The van der Waals surface area contributed by atoms with Crippen molar-refractivity contribution in [2.24, 2.45) is 11.7 Å². The number of carbonyl (C=O) groups is 1. The van der Waals surface area contributed by atoms with Gasteiger partial charge in [-0.1, -0.05) is 13.8 Å². The molecular formula is C13H20FN3O. The van der Waals surface area contributed by atoms with Crippen LogP contribution < -0.4 is 16.4 Å². The van der Waals surface area contributed by atoms with E-state index in [0.717, 1.165) is 6.07 Å². The average Bonchev–Trinajstić information content (AvgIpc) is 2.25. The summed E-state index contributed by atoms with van der Waals surface area (Å²) < 4.78 is 13.9. The van der Waals surface area contributed by atoms with Gasteiger partial charge < -0.3 is 16.4 Å². The fraction of sp³-hybridized carbons (Fsp3) is 0.462. The van der Waals surface area contributed by atoms with Crippen molar-refractivity contribution >= 4 is 17.3 Å². The van der Waals surface area contributed by atoms with Gasteiger partial charge in [0.2, 0.25) is 0 Å². The minimum absolute atomic E-state index is 0.0735. The first kappa shape index (κ1) is 14.3. The lowest BCUT2D eigenvalue weighted by molar-refractivity contribution is 0.100. The number of benzene rings is 1. The zero-order chi connectivity index (χ0) is 13.9. The number of rotatable bonds is 5. The van der Waals surface area contributed by atoms with Crippen molar-refractivity contribution in [2.75, 3.05) is 23.7 Å². The van der Waals surface area contributed by atoms with E-state index >= 15 is 0 Å². The minimum atomic E-state index is -0.644. The monoisotopic (exact) mass is 253 g/mol. The molecule has 4 N–H and O–H groups in total. The molecule has 4 nitrogen and oxygen atoms in total. The molecule has 5 heteroatoms. The molecule has 1 aromatic carbocycles. The third-order valence-corrected chi connectivity index (χ3v) is 2.69. The first-order chi connectivity index (χ1) is 8.36. The molecule has 18 heavy (non-hydrogen) atoms. The van der Waals surface area contributed by atoms with E-state index in [1.807, 2.05) is 25.7 Å². The fourth-order valence-electron chi connectivity index (χ4n) is 1.87. The van der Waals surface area contributed by atoms with Gasteiger partial charge in [0.1, 0.15) is 5.82 Å². The molecule has 0 saturated heterocycles. The summed E-state index contributed by atoms with van der Waals surface area (Å²) in [6, 6.07) is 2.58. The molecule has 0 radical (unpaired) electrons. The van der Waals surface area contributed by atoms with Crippen molar-refractivity contribution in [3.05, 3.63) is 23.5 Å². The van der Waals surface area contributed by atoms with Crippen LogP contribution in [0.15, 0.2) is 12.1 Å². The van der Waals surface area contributed by atoms with Gasteiger partial charge >= 0.3 is 0 Å². The number of primary amides is 1. The normalized spacial score (nSPS) is 10.7. The Morgan fingerprint density at radius 3 is 2.50 bits per heavy atom. The highest BCUT2D eigenvalue weighted by atomic mass is 19.1. The van der Waals surface area contributed by atoms with E-state index in [0.29, 0.717) is 24.7 Å². The lowest BCUT2D eigenvalue weighted by atomic mass is 10.1. The highest BCUT2D eigenvalue weighted by Gasteiger charge is 2.16. The Hall–Kier alpha value is -1.78. The Labute approximate surface area is 107 Å². The molecule has 0 aliphatic carbocycles. The molecule has 0 heterocycles. The summed E-state index contributed by atoms with van der Waals surface area (Å²) in [5.74, 6) is -0.687. The Kier molecular flexibility index (Phi) is 4.53. The van der Waals surface area contributed by atoms with Crippen molar-refractivity contribution in [1.29, 1.82) is 0 Å². The summed E-state index contributed by atoms with van der Waals surface area (Å²) in [5, 5.41) is 0. The van der Waals surface area contributed by atoms with E-state index < -0.39 is 11.7 Å². The van der Waals surface area contributed by atoms with Crippen molar-refractivity contribution in [2.45, 2.75) is 20.8 Å². The summed E-state index contributed by atoms with van der Waals surface area (Å²) in [5.41, 5.74) is 11.4. The van der Waals surface area contributed by atoms with Gasteiger partial charge in [0.25, 0.3) is 5.91 Å². The van der Waals surface area contributed by atoms with Crippen molar-refractivity contribution in [3.63, 3.8) is 0 Å². The molecule has 1 rings (SSSR count). The fourth-order valence-corrected chi connectivity index (χ4v) is 1.87. The van der Waals surface area contributed by atoms with E-state index in [9.17, 15) is 9.18 Å². The van der Waals surface area contributed by atoms with Crippen LogP contribution in [0.3, 0.4) is 0 Å². The van der Waals surface area contributed by atoms with Gasteiger partial charge in [0.05, 0.1) is 11.3 Å². The topological polar surface area (TPSA) is 72.3 Å². The molecule has 0 saturated carbocycles. The lowest BCUT2D eigenvalue weighted by Gasteiger charge is -2.26. The molecule has 0 unspecified atom stereocenters. The second kappa shape index (κ2) is 5.71. The van der Waals surface area contributed by atoms with Crippen molar-refractivity contribution < 1.29 is 9.18 Å². The van der Waals surface area contributed by atoms with Gasteiger partial charge in [-0.05, 0) is 25.0 Å². The molecule has 0 aromatic heterocycles. The number of nitrogen functional groups attached to an aromatic ring is 1. The number of hydrogen-bond donors (Lipinski definition) is 2. The number of carbonyl (C=O) groups excluding carboxylic acids is 1. The van der Waals surface area contributed by atoms with E-state index in [1.165, 1.54) is 6.07 Å². The average molecular weight is 253 g/mol. The maximum absolute atomic E-state index is 13.9. The molecule has 100 valence electrons. The maximum Gasteiger partial charge on any atom is 0.250 e. The zero-order valence-corrected chi connectivity index (χ0v) is 11.0. The van der Waals surface area contributed by atoms with Crippen LogP contribution in [0.5, 0.6) is 0 Å². The summed E-state index contributed by atoms with van der Waals surface area (Å²) >= 11 is 0. The predicted octanol–water partition coefficient (Wildman–Crippen LogP) is 1.99. The Bertz CT molecular complexity index is 446. The standard InChI is InChI=1S/C13H20FN3O/c1-4-17(7-8(2)3)12-5-9(13(16)18)11(15)6-10(12)14/h5-6,8H,4,7,15H2,1-3H3,(H2,16,18). The van der Waals surface area contributed by atoms with Crippen molar-refractivity contribution in [3.8, 4) is 0 Å². The number of anilines is 2. The molecule has 0 aliphatic rings. The number of nitrogens with zero attached hydrogens (tertiary/aromatic N) is 1. The molecule has 0 bridgehead atoms. The molecule has 0 fully saturated rings. The van der Waals surface area contributed by atoms with Gasteiger partial charge in [-0.15, -0.1) is 0 Å². The van der Waals surface area contributed by atoms with Gasteiger partial charge in [-0.25, -0.2) is 4.39 Å². The molecule has 0 atom stereocenters. The van der Waals surface area contributed by atoms with E-state index in [-0.39, 0.29) is 11.3 Å². The molecule has 0 aliphatic heterocycles. The number of hydrogen-bond acceptors (Lipinski definition) is 3. The van der Waals surface area contributed by atoms with Gasteiger partial charge in [0.15, 0.2) is 0 Å². The maximum atomic E-state index is 13.9. The van der Waals surface area contributed by atoms with E-state index in [2.05, 4.69) is 0 Å². The Balaban J connectivity index is 3.21. The quantitative estimate of drug-likeness (QED) is 0.788. The first-order valence-corrected chi connectivity index (χ1v) is 6.00. The summed E-state index contributed by atoms with van der Waals surface area (Å²) in [6.07, 6.45) is 0. The third-order valence-electron chi connectivity index (χ3n) is 2.69. The van der Waals surface area contributed by atoms with Crippen LogP contribution >= 0.6 is 0 Å². The first-order valence-electron chi connectivity index (χ1n) is 6.00. The van der Waals surface area contributed by atoms with Gasteiger partial charge in [0, 0.05) is 18.8 Å². The SMILES string of the molecule is CCN(CC(C)C)c1cc(C(N)=O)c(N)cc1F. The zero-order valence-electron chi connectivity index (χ0n) is 11.0. The van der Waals surface area contributed by atoms with E-state index in [1.54, 1.807) is 0 Å². The lowest BCUT2D eigenvalue weighted by Crippen LogP contribution is -2.28. The van der Waals surface area contributed by atoms with Crippen LogP contribution in [0.1, 0.15) is 31.1 Å². The highest BCUT2D eigenvalue weighted by Crippen LogP contribution is 2.26. The second-order valence-electron chi connectivity index (χ2n) is 4.69. The summed E-state index contributed by atoms with van der Waals surface area (Å²) in [7, 11) is 0. The smallest absolute Gasteiger partial charge is 0.250 e. The van der Waals surface area contributed by atoms with Gasteiger partial charge in [-0.3, -0.25) is 4.79 Å². The predicted molar refractivity (Wildman–Crippen MR) is 72.1 cm³/mol. The number of halogens is 1. The Morgan fingerprint density at radius 2 is 2.06 bits per heavy atom. The van der Waals surface area contributed by atoms with Gasteiger partial charge in [-0.2, -0.15) is 0 Å². The molecular weight excluding hydrogens is 233 g/mol. The molecule has 0 spiro atoms. The van der Waals surface area contributed by atoms with Crippen LogP contribution in [0.25, 0.3) is 0 Å². The Morgan fingerprint density at radius 1 is 1.44 bits per heavy atom. The van der Waals surface area contributed by atoms with Crippen LogP contribution in [0.4, 0.5) is 15.8 Å². The second-order valence-corrected chi connectivity index (χ2v) is 4.69. The summed E-state index contributed by atoms with van der Waals surface area (Å²) in [4.78, 5) is 13.1. The van der Waals surface area contributed by atoms with Crippen LogP contribution in [-0.4, -0.2) is 19.0 Å². The highest BCUT2D eigenvalue weighted by molar-refractivity contribution is 5.99. The third kappa shape index (κ3) is 3.12. The van der Waals surface area contributed by atoms with Crippen LogP contribution in [0, 0.1) is 11.7 Å². The minimum Gasteiger partial charge on any atom is -0.398 e. The summed E-state index contributed by atoms with van der Waals surface area (Å²) in [6.45, 7) is 7.38. The molecule has 1 amide bonds. The van der Waals surface area contributed by atoms with Crippen molar-refractivity contribution in [1.82, 2.24) is 0 Å². The van der Waals surface area contributed by atoms with Crippen LogP contribution in [-0.2, 0) is 0 Å². The number of amides is 1. The largest absolute Gasteiger partial charge is 0.398 e.